The molecule has 1 atom stereocenters. The van der Waals surface area contributed by atoms with Gasteiger partial charge in [0, 0.05) is 19.8 Å². The van der Waals surface area contributed by atoms with Crippen molar-refractivity contribution in [3.05, 3.63) is 81.9 Å². The number of carbonyl (C=O) groups is 3. The summed E-state index contributed by atoms with van der Waals surface area (Å²) >= 11 is 0. The first kappa shape index (κ1) is 24.3. The Balaban J connectivity index is 2.47. The van der Waals surface area contributed by atoms with E-state index in [0.717, 1.165) is 25.3 Å². The second-order valence-corrected chi connectivity index (χ2v) is 7.54. The molecule has 1 unspecified atom stereocenters. The van der Waals surface area contributed by atoms with Crippen molar-refractivity contribution in [3.63, 3.8) is 0 Å². The Labute approximate surface area is 192 Å². The van der Waals surface area contributed by atoms with Crippen LogP contribution in [0.1, 0.15) is 27.0 Å². The van der Waals surface area contributed by atoms with Crippen LogP contribution < -0.4 is 0 Å². The Hall–Kier alpha value is -3.33. The minimum atomic E-state index is -2.21. The number of hydrogen-bond donors (Lipinski definition) is 0. The first-order chi connectivity index (χ1) is 15.7. The summed E-state index contributed by atoms with van der Waals surface area (Å²) in [6, 6.07) is 13.5. The Kier molecular flexibility index (Phi) is 6.83. The first-order valence-electron chi connectivity index (χ1n) is 10.1. The number of benzene rings is 2. The predicted octanol–water partition coefficient (Wildman–Crippen LogP) is 3.00. The lowest BCUT2D eigenvalue weighted by Crippen LogP contribution is -2.46. The molecule has 8 nitrogen and oxygen atoms in total. The molecule has 0 spiro atoms. The number of aryl methyl sites for hydroxylation is 2. The maximum absolute atomic E-state index is 14.1. The van der Waals surface area contributed by atoms with Gasteiger partial charge in [-0.05, 0) is 19.4 Å². The Morgan fingerprint density at radius 1 is 0.697 bits per heavy atom. The van der Waals surface area contributed by atoms with Gasteiger partial charge in [0.05, 0.1) is 14.2 Å². The SMILES string of the molecule is COC(=O)C1=C(C(=O)OC)C(C(=O)c2ccc(C)cc2)(c2ccc(C)cc2)OC1(OC)OC. The summed E-state index contributed by atoms with van der Waals surface area (Å²) in [5.74, 6) is -4.75. The normalized spacial score (nSPS) is 19.3. The van der Waals surface area contributed by atoms with Gasteiger partial charge in [0.25, 0.3) is 0 Å². The lowest BCUT2D eigenvalue weighted by atomic mass is 9.78. The smallest absolute Gasteiger partial charge is 0.342 e. The molecular formula is C25H26O8. The lowest BCUT2D eigenvalue weighted by molar-refractivity contribution is -0.348. The van der Waals surface area contributed by atoms with E-state index in [1.165, 1.54) is 14.2 Å². The highest BCUT2D eigenvalue weighted by molar-refractivity contribution is 6.15. The van der Waals surface area contributed by atoms with Crippen LogP contribution in [0.25, 0.3) is 0 Å². The van der Waals surface area contributed by atoms with E-state index in [1.807, 2.05) is 13.8 Å². The zero-order valence-corrected chi connectivity index (χ0v) is 19.4. The van der Waals surface area contributed by atoms with Crippen LogP contribution in [0, 0.1) is 13.8 Å². The summed E-state index contributed by atoms with van der Waals surface area (Å²) in [6.07, 6.45) is 0. The van der Waals surface area contributed by atoms with Crippen molar-refractivity contribution in [1.29, 1.82) is 0 Å². The molecule has 0 bridgehead atoms. The Morgan fingerprint density at radius 2 is 1.15 bits per heavy atom. The second kappa shape index (κ2) is 9.27. The van der Waals surface area contributed by atoms with E-state index in [2.05, 4.69) is 0 Å². The maximum atomic E-state index is 14.1. The van der Waals surface area contributed by atoms with Crippen molar-refractivity contribution < 1.29 is 38.1 Å². The molecule has 1 aliphatic heterocycles. The highest BCUT2D eigenvalue weighted by Crippen LogP contribution is 2.52. The van der Waals surface area contributed by atoms with Crippen LogP contribution >= 0.6 is 0 Å². The van der Waals surface area contributed by atoms with E-state index >= 15 is 0 Å². The van der Waals surface area contributed by atoms with Gasteiger partial charge in [-0.15, -0.1) is 0 Å². The van der Waals surface area contributed by atoms with Crippen LogP contribution in [0.4, 0.5) is 0 Å². The summed E-state index contributed by atoms with van der Waals surface area (Å²) in [7, 11) is 4.72. The molecule has 3 rings (SSSR count). The lowest BCUT2D eigenvalue weighted by Gasteiger charge is -2.34. The van der Waals surface area contributed by atoms with Gasteiger partial charge >= 0.3 is 17.9 Å². The van der Waals surface area contributed by atoms with Crippen LogP contribution in [0.5, 0.6) is 0 Å². The quantitative estimate of drug-likeness (QED) is 0.358. The minimum Gasteiger partial charge on any atom is -0.466 e. The van der Waals surface area contributed by atoms with E-state index in [4.69, 9.17) is 23.7 Å². The molecule has 0 fully saturated rings. The van der Waals surface area contributed by atoms with Crippen molar-refractivity contribution >= 4 is 17.7 Å². The van der Waals surface area contributed by atoms with E-state index in [0.29, 0.717) is 0 Å². The molecule has 8 heteroatoms. The second-order valence-electron chi connectivity index (χ2n) is 7.54. The predicted molar refractivity (Wildman–Crippen MR) is 117 cm³/mol. The fraction of sp³-hybridized carbons (Fsp3) is 0.320. The molecule has 0 saturated carbocycles. The number of methoxy groups -OCH3 is 4. The third-order valence-electron chi connectivity index (χ3n) is 5.60. The standard InChI is InChI=1S/C25H26O8/c1-15-7-11-17(12-8-15)21(26)24(18-13-9-16(2)10-14-18)19(22(27)29-3)20(23(28)30-4)25(31-5,32-6)33-24/h7-14H,1-6H3. The summed E-state index contributed by atoms with van der Waals surface area (Å²) in [5, 5.41) is 0. The average Bonchev–Trinajstić information content (AvgIpc) is 3.16. The molecule has 0 N–H and O–H groups in total. The Morgan fingerprint density at radius 3 is 1.61 bits per heavy atom. The van der Waals surface area contributed by atoms with Crippen LogP contribution in [-0.2, 0) is 38.9 Å². The third-order valence-corrected chi connectivity index (χ3v) is 5.60. The number of carbonyl (C=O) groups excluding carboxylic acids is 3. The molecule has 2 aromatic rings. The van der Waals surface area contributed by atoms with Gasteiger partial charge in [-0.3, -0.25) is 9.53 Å². The van der Waals surface area contributed by atoms with Crippen molar-refractivity contribution in [2.24, 2.45) is 0 Å². The molecule has 1 heterocycles. The largest absolute Gasteiger partial charge is 0.466 e. The number of hydrogen-bond acceptors (Lipinski definition) is 8. The van der Waals surface area contributed by atoms with Crippen molar-refractivity contribution in [1.82, 2.24) is 0 Å². The minimum absolute atomic E-state index is 0.245. The van der Waals surface area contributed by atoms with Crippen LogP contribution in [0.3, 0.4) is 0 Å². The number of ketones is 1. The summed E-state index contributed by atoms with van der Waals surface area (Å²) in [4.78, 5) is 40.2. The molecule has 174 valence electrons. The fourth-order valence-corrected chi connectivity index (χ4v) is 3.87. The molecule has 0 aromatic heterocycles. The van der Waals surface area contributed by atoms with Gasteiger partial charge in [-0.1, -0.05) is 59.7 Å². The van der Waals surface area contributed by atoms with Crippen molar-refractivity contribution in [2.75, 3.05) is 28.4 Å². The van der Waals surface area contributed by atoms with Crippen LogP contribution in [-0.4, -0.2) is 52.1 Å². The zero-order valence-electron chi connectivity index (χ0n) is 19.4. The summed E-state index contributed by atoms with van der Waals surface area (Å²) < 4.78 is 27.0. The van der Waals surface area contributed by atoms with Gasteiger partial charge < -0.3 is 18.9 Å². The van der Waals surface area contributed by atoms with E-state index in [-0.39, 0.29) is 16.7 Å². The Bertz CT molecular complexity index is 1090. The number of esters is 2. The van der Waals surface area contributed by atoms with Crippen molar-refractivity contribution in [2.45, 2.75) is 25.4 Å². The number of ether oxygens (including phenoxy) is 5. The van der Waals surface area contributed by atoms with Gasteiger partial charge in [0.15, 0.2) is 5.60 Å². The van der Waals surface area contributed by atoms with Gasteiger partial charge in [0.1, 0.15) is 11.1 Å². The number of Topliss-reactive ketones (excluding diaryl/α,β-unsaturated/α-hetero) is 1. The molecule has 33 heavy (non-hydrogen) atoms. The topological polar surface area (TPSA) is 97.4 Å². The average molecular weight is 454 g/mol. The highest BCUT2D eigenvalue weighted by Gasteiger charge is 2.66. The highest BCUT2D eigenvalue weighted by atomic mass is 16.9. The van der Waals surface area contributed by atoms with Crippen molar-refractivity contribution in [3.8, 4) is 0 Å². The van der Waals surface area contributed by atoms with E-state index in [9.17, 15) is 14.4 Å². The molecule has 0 radical (unpaired) electrons. The molecular weight excluding hydrogens is 428 g/mol. The maximum Gasteiger partial charge on any atom is 0.342 e. The molecule has 0 saturated heterocycles. The van der Waals surface area contributed by atoms with Gasteiger partial charge in [0.2, 0.25) is 5.78 Å². The summed E-state index contributed by atoms with van der Waals surface area (Å²) in [6.45, 7) is 3.76. The van der Waals surface area contributed by atoms with E-state index in [1.54, 1.807) is 48.5 Å². The fourth-order valence-electron chi connectivity index (χ4n) is 3.87. The zero-order chi connectivity index (χ0) is 24.4. The van der Waals surface area contributed by atoms with Crippen LogP contribution in [0.15, 0.2) is 59.7 Å². The first-order valence-corrected chi connectivity index (χ1v) is 10.1. The third kappa shape index (κ3) is 3.86. The van der Waals surface area contributed by atoms with Crippen LogP contribution in [0.2, 0.25) is 0 Å². The summed E-state index contributed by atoms with van der Waals surface area (Å²) in [5.41, 5.74) is -0.531. The number of rotatable bonds is 7. The van der Waals surface area contributed by atoms with Gasteiger partial charge in [-0.2, -0.15) is 0 Å². The molecule has 0 amide bonds. The molecule has 0 aliphatic carbocycles. The molecule has 1 aliphatic rings. The molecule has 2 aromatic carbocycles. The van der Waals surface area contributed by atoms with E-state index < -0.39 is 34.9 Å². The monoisotopic (exact) mass is 454 g/mol. The van der Waals surface area contributed by atoms with Gasteiger partial charge in [-0.25, -0.2) is 9.59 Å².